The standard InChI is InChI=1S/C28H28F2N8/c29-28(30)7-11-37(17-28)16-18-12-19(15-31-14-18)21-4-5-22-25(33-21)26(36-35-22)23-13-20-24(6-8-32-27(20)34-23)38-9-2-1-3-10-38/h4-6,8,12-15H,1-3,7,9-11,16-17H2,(H,32,34)(H,35,36). The number of likely N-dealkylation sites (tertiary alicyclic amines) is 1. The second-order valence-electron chi connectivity index (χ2n) is 10.4. The minimum atomic E-state index is -2.61. The van der Waals surface area contributed by atoms with Gasteiger partial charge in [-0.1, -0.05) is 0 Å². The minimum absolute atomic E-state index is 0.0928. The number of H-pyrrole nitrogens is 2. The van der Waals surface area contributed by atoms with Crippen LogP contribution in [0.15, 0.2) is 48.9 Å². The molecule has 8 nitrogen and oxygen atoms in total. The number of anilines is 1. The number of fused-ring (bicyclic) bond motifs is 2. The summed E-state index contributed by atoms with van der Waals surface area (Å²) in [6.07, 6.45) is 8.95. The number of pyridine rings is 3. The second kappa shape index (κ2) is 9.13. The molecule has 194 valence electrons. The molecular formula is C28H28F2N8. The van der Waals surface area contributed by atoms with Gasteiger partial charge < -0.3 is 9.88 Å². The van der Waals surface area contributed by atoms with E-state index in [0.29, 0.717) is 13.1 Å². The van der Waals surface area contributed by atoms with Crippen molar-refractivity contribution >= 4 is 27.8 Å². The lowest BCUT2D eigenvalue weighted by Gasteiger charge is -2.29. The van der Waals surface area contributed by atoms with Crippen LogP contribution in [-0.2, 0) is 6.54 Å². The Kier molecular flexibility index (Phi) is 5.57. The van der Waals surface area contributed by atoms with Gasteiger partial charge in [0.1, 0.15) is 16.9 Å². The molecule has 0 aromatic carbocycles. The van der Waals surface area contributed by atoms with E-state index in [4.69, 9.17) is 4.98 Å². The average Bonchev–Trinajstić information content (AvgIpc) is 3.64. The molecule has 2 fully saturated rings. The van der Waals surface area contributed by atoms with Crippen molar-refractivity contribution in [1.82, 2.24) is 35.0 Å². The van der Waals surface area contributed by atoms with Gasteiger partial charge in [0.15, 0.2) is 0 Å². The van der Waals surface area contributed by atoms with Crippen molar-refractivity contribution in [2.45, 2.75) is 38.2 Å². The van der Waals surface area contributed by atoms with Gasteiger partial charge >= 0.3 is 0 Å². The van der Waals surface area contributed by atoms with Crippen LogP contribution < -0.4 is 4.90 Å². The summed E-state index contributed by atoms with van der Waals surface area (Å²) in [5.41, 5.74) is 7.68. The highest BCUT2D eigenvalue weighted by molar-refractivity contribution is 5.97. The molecule has 0 amide bonds. The first-order valence-corrected chi connectivity index (χ1v) is 13.2. The Morgan fingerprint density at radius 3 is 2.74 bits per heavy atom. The van der Waals surface area contributed by atoms with Crippen LogP contribution in [-0.4, -0.2) is 67.1 Å². The van der Waals surface area contributed by atoms with E-state index in [9.17, 15) is 8.78 Å². The van der Waals surface area contributed by atoms with Crippen molar-refractivity contribution in [3.05, 3.63) is 54.5 Å². The minimum Gasteiger partial charge on any atom is -0.371 e. The summed E-state index contributed by atoms with van der Waals surface area (Å²) in [7, 11) is 0. The van der Waals surface area contributed by atoms with Crippen LogP contribution in [0.5, 0.6) is 0 Å². The van der Waals surface area contributed by atoms with E-state index in [-0.39, 0.29) is 13.0 Å². The first kappa shape index (κ1) is 23.2. The number of nitrogens with zero attached hydrogens (tertiary/aromatic N) is 6. The molecule has 0 radical (unpaired) electrons. The van der Waals surface area contributed by atoms with E-state index in [0.717, 1.165) is 63.4 Å². The number of hydrogen-bond donors (Lipinski definition) is 2. The van der Waals surface area contributed by atoms with Gasteiger partial charge in [-0.3, -0.25) is 15.0 Å². The molecule has 0 bridgehead atoms. The zero-order valence-corrected chi connectivity index (χ0v) is 20.9. The van der Waals surface area contributed by atoms with Gasteiger partial charge in [0, 0.05) is 67.8 Å². The van der Waals surface area contributed by atoms with Gasteiger partial charge in [-0.05, 0) is 55.2 Å². The fraction of sp³-hybridized carbons (Fsp3) is 0.357. The summed E-state index contributed by atoms with van der Waals surface area (Å²) in [6.45, 7) is 2.74. The van der Waals surface area contributed by atoms with Gasteiger partial charge in [0.25, 0.3) is 5.92 Å². The van der Waals surface area contributed by atoms with E-state index in [2.05, 4.69) is 42.2 Å². The highest BCUT2D eigenvalue weighted by atomic mass is 19.3. The largest absolute Gasteiger partial charge is 0.371 e. The smallest absolute Gasteiger partial charge is 0.261 e. The summed E-state index contributed by atoms with van der Waals surface area (Å²) >= 11 is 0. The average molecular weight is 515 g/mol. The first-order chi connectivity index (χ1) is 18.5. The predicted molar refractivity (Wildman–Crippen MR) is 143 cm³/mol. The lowest BCUT2D eigenvalue weighted by atomic mass is 10.1. The molecule has 0 spiro atoms. The SMILES string of the molecule is FC1(F)CCN(Cc2cncc(-c3ccc4[nH]nc(-c5cc6c(N7CCCCC7)ccnc6[nH]5)c4n3)c2)C1. The van der Waals surface area contributed by atoms with Crippen molar-refractivity contribution in [2.75, 3.05) is 31.1 Å². The number of halogens is 2. The van der Waals surface area contributed by atoms with E-state index in [1.54, 1.807) is 17.3 Å². The number of aromatic amines is 2. The van der Waals surface area contributed by atoms with E-state index >= 15 is 0 Å². The van der Waals surface area contributed by atoms with Crippen LogP contribution in [0.3, 0.4) is 0 Å². The van der Waals surface area contributed by atoms with Gasteiger partial charge in [0.2, 0.25) is 0 Å². The summed E-state index contributed by atoms with van der Waals surface area (Å²) in [5, 5.41) is 8.77. The maximum Gasteiger partial charge on any atom is 0.261 e. The molecule has 2 aliphatic heterocycles. The van der Waals surface area contributed by atoms with E-state index < -0.39 is 5.92 Å². The van der Waals surface area contributed by atoms with Gasteiger partial charge in [-0.2, -0.15) is 5.10 Å². The van der Waals surface area contributed by atoms with Crippen LogP contribution in [0.4, 0.5) is 14.5 Å². The number of rotatable bonds is 5. The Bertz CT molecular complexity index is 1620. The summed E-state index contributed by atoms with van der Waals surface area (Å²) in [6, 6.07) is 10.1. The van der Waals surface area contributed by atoms with Crippen molar-refractivity contribution in [1.29, 1.82) is 0 Å². The molecule has 0 atom stereocenters. The van der Waals surface area contributed by atoms with Gasteiger partial charge in [-0.25, -0.2) is 18.7 Å². The molecular weight excluding hydrogens is 486 g/mol. The van der Waals surface area contributed by atoms with Crippen LogP contribution in [0.25, 0.3) is 44.7 Å². The molecule has 0 saturated carbocycles. The fourth-order valence-electron chi connectivity index (χ4n) is 5.71. The zero-order chi connectivity index (χ0) is 25.7. The van der Waals surface area contributed by atoms with Crippen molar-refractivity contribution < 1.29 is 8.78 Å². The highest BCUT2D eigenvalue weighted by Crippen LogP contribution is 2.34. The summed E-state index contributed by atoms with van der Waals surface area (Å²) in [5.74, 6) is -2.61. The van der Waals surface area contributed by atoms with Crippen LogP contribution >= 0.6 is 0 Å². The normalized spacial score (nSPS) is 18.1. The number of hydrogen-bond acceptors (Lipinski definition) is 6. The van der Waals surface area contributed by atoms with Gasteiger partial charge in [0.05, 0.1) is 23.4 Å². The Hall–Kier alpha value is -3.92. The molecule has 5 aromatic rings. The lowest BCUT2D eigenvalue weighted by molar-refractivity contribution is 0.0115. The zero-order valence-electron chi connectivity index (χ0n) is 20.9. The Labute approximate surface area is 218 Å². The first-order valence-electron chi connectivity index (χ1n) is 13.2. The Morgan fingerprint density at radius 2 is 1.89 bits per heavy atom. The van der Waals surface area contributed by atoms with Gasteiger partial charge in [-0.15, -0.1) is 0 Å². The lowest BCUT2D eigenvalue weighted by Crippen LogP contribution is -2.29. The number of aromatic nitrogens is 6. The molecule has 2 aliphatic rings. The van der Waals surface area contributed by atoms with Crippen molar-refractivity contribution in [2.24, 2.45) is 0 Å². The third-order valence-electron chi connectivity index (χ3n) is 7.61. The maximum atomic E-state index is 13.6. The Balaban J connectivity index is 1.22. The number of piperidine rings is 1. The third-order valence-corrected chi connectivity index (χ3v) is 7.61. The molecule has 0 aliphatic carbocycles. The van der Waals surface area contributed by atoms with Crippen LogP contribution in [0.2, 0.25) is 0 Å². The predicted octanol–water partition coefficient (Wildman–Crippen LogP) is 5.39. The third kappa shape index (κ3) is 4.28. The maximum absolute atomic E-state index is 13.6. The van der Waals surface area contributed by atoms with Crippen molar-refractivity contribution in [3.63, 3.8) is 0 Å². The molecule has 7 rings (SSSR count). The molecule has 7 heterocycles. The molecule has 5 aromatic heterocycles. The van der Waals surface area contributed by atoms with E-state index in [1.807, 2.05) is 24.4 Å². The van der Waals surface area contributed by atoms with Crippen LogP contribution in [0.1, 0.15) is 31.2 Å². The monoisotopic (exact) mass is 514 g/mol. The van der Waals surface area contributed by atoms with Crippen LogP contribution in [0, 0.1) is 0 Å². The highest BCUT2D eigenvalue weighted by Gasteiger charge is 2.37. The second-order valence-corrected chi connectivity index (χ2v) is 10.4. The van der Waals surface area contributed by atoms with E-state index in [1.165, 1.54) is 24.9 Å². The molecule has 0 unspecified atom stereocenters. The van der Waals surface area contributed by atoms with Crippen molar-refractivity contribution in [3.8, 4) is 22.6 Å². The summed E-state index contributed by atoms with van der Waals surface area (Å²) < 4.78 is 27.3. The number of nitrogens with one attached hydrogen (secondary N) is 2. The molecule has 2 N–H and O–H groups in total. The topological polar surface area (TPSA) is 89.6 Å². The molecule has 10 heteroatoms. The molecule has 38 heavy (non-hydrogen) atoms. The Morgan fingerprint density at radius 1 is 1.00 bits per heavy atom. The fourth-order valence-corrected chi connectivity index (χ4v) is 5.71. The summed E-state index contributed by atoms with van der Waals surface area (Å²) in [4.78, 5) is 21.5. The number of alkyl halides is 2. The molecule has 2 saturated heterocycles. The quantitative estimate of drug-likeness (QED) is 0.327.